The van der Waals surface area contributed by atoms with Gasteiger partial charge in [0, 0.05) is 37.8 Å². The van der Waals surface area contributed by atoms with Crippen LogP contribution in [0, 0.1) is 5.92 Å². The van der Waals surface area contributed by atoms with Gasteiger partial charge in [-0.3, -0.25) is 4.90 Å². The van der Waals surface area contributed by atoms with Crippen molar-refractivity contribution in [2.24, 2.45) is 5.92 Å². The van der Waals surface area contributed by atoms with Crippen LogP contribution in [-0.4, -0.2) is 36.2 Å². The topological polar surface area (TPSA) is 35.5 Å². The van der Waals surface area contributed by atoms with Gasteiger partial charge in [0.2, 0.25) is 0 Å². The summed E-state index contributed by atoms with van der Waals surface area (Å²) in [5.74, 6) is 1.16. The lowest BCUT2D eigenvalue weighted by Gasteiger charge is -2.43. The molecule has 2 aromatic rings. The molecular formula is C19H26Cl2N2O. The molecule has 2 aliphatic rings. The van der Waals surface area contributed by atoms with Crippen molar-refractivity contribution in [2.45, 2.75) is 25.3 Å². The maximum Gasteiger partial charge on any atom is 0.121 e. The van der Waals surface area contributed by atoms with E-state index in [1.54, 1.807) is 0 Å². The van der Waals surface area contributed by atoms with E-state index in [-0.39, 0.29) is 24.8 Å². The second-order valence-electron chi connectivity index (χ2n) is 6.64. The Kier molecular flexibility index (Phi) is 6.76. The number of rotatable bonds is 3. The van der Waals surface area contributed by atoms with Crippen molar-refractivity contribution in [3.05, 3.63) is 42.0 Å². The first kappa shape index (κ1) is 19.3. The molecule has 1 heterocycles. The lowest BCUT2D eigenvalue weighted by molar-refractivity contribution is 0.0829. The van der Waals surface area contributed by atoms with Crippen molar-refractivity contribution in [3.8, 4) is 5.75 Å². The largest absolute Gasteiger partial charge is 0.508 e. The Hall–Kier alpha value is -1.00. The summed E-state index contributed by atoms with van der Waals surface area (Å²) in [6.07, 6.45) is 3.91. The number of aromatic hydroxyl groups is 1. The second kappa shape index (κ2) is 8.39. The van der Waals surface area contributed by atoms with Crippen LogP contribution in [0.3, 0.4) is 0 Å². The van der Waals surface area contributed by atoms with Crippen LogP contribution < -0.4 is 5.32 Å². The quantitative estimate of drug-likeness (QED) is 0.854. The summed E-state index contributed by atoms with van der Waals surface area (Å²) in [7, 11) is 0. The number of fused-ring (bicyclic) bond motifs is 1. The van der Waals surface area contributed by atoms with Crippen molar-refractivity contribution < 1.29 is 5.11 Å². The van der Waals surface area contributed by atoms with Crippen molar-refractivity contribution in [1.29, 1.82) is 0 Å². The maximum atomic E-state index is 10.6. The van der Waals surface area contributed by atoms with Gasteiger partial charge in [-0.1, -0.05) is 36.8 Å². The van der Waals surface area contributed by atoms with E-state index in [4.69, 9.17) is 0 Å². The van der Waals surface area contributed by atoms with Gasteiger partial charge in [-0.25, -0.2) is 0 Å². The molecule has 0 unspecified atom stereocenters. The monoisotopic (exact) mass is 368 g/mol. The molecule has 1 saturated carbocycles. The number of benzene rings is 2. The third kappa shape index (κ3) is 3.50. The van der Waals surface area contributed by atoms with Crippen LogP contribution in [0.1, 0.15) is 30.9 Å². The molecule has 3 nitrogen and oxygen atoms in total. The van der Waals surface area contributed by atoms with Gasteiger partial charge in [-0.05, 0) is 35.6 Å². The van der Waals surface area contributed by atoms with Gasteiger partial charge in [-0.2, -0.15) is 0 Å². The summed E-state index contributed by atoms with van der Waals surface area (Å²) in [5, 5.41) is 16.5. The Morgan fingerprint density at radius 2 is 1.71 bits per heavy atom. The van der Waals surface area contributed by atoms with Gasteiger partial charge in [0.05, 0.1) is 0 Å². The molecule has 0 aromatic heterocycles. The van der Waals surface area contributed by atoms with E-state index in [2.05, 4.69) is 34.5 Å². The third-order valence-electron chi connectivity index (χ3n) is 5.38. The molecule has 0 radical (unpaired) electrons. The lowest BCUT2D eigenvalue weighted by Crippen LogP contribution is -2.47. The molecule has 1 aliphatic carbocycles. The molecule has 2 N–H and O–H groups in total. The highest BCUT2D eigenvalue weighted by atomic mass is 35.5. The standard InChI is InChI=1S/C19H24N2O.2ClH/c22-17-9-8-14-4-1-2-7-16(14)18(17)19(15-5-3-6-15)21-12-10-20-11-13-21;;/h1-2,4,7-9,15,19-20,22H,3,5-6,10-13H2;2*1H/t19-;;/m0../s1. The van der Waals surface area contributed by atoms with Gasteiger partial charge >= 0.3 is 0 Å². The van der Waals surface area contributed by atoms with E-state index in [1.165, 1.54) is 30.0 Å². The Balaban J connectivity index is 0.00000104. The highest BCUT2D eigenvalue weighted by Gasteiger charge is 2.35. The second-order valence-corrected chi connectivity index (χ2v) is 6.64. The molecular weight excluding hydrogens is 343 g/mol. The van der Waals surface area contributed by atoms with E-state index in [0.29, 0.717) is 17.7 Å². The Morgan fingerprint density at radius 3 is 2.38 bits per heavy atom. The molecule has 24 heavy (non-hydrogen) atoms. The SMILES string of the molecule is Cl.Cl.Oc1ccc2ccccc2c1[C@H](C1CCC1)N1CCNCC1. The summed E-state index contributed by atoms with van der Waals surface area (Å²) in [5.41, 5.74) is 1.16. The van der Waals surface area contributed by atoms with Crippen LogP contribution in [0.4, 0.5) is 0 Å². The summed E-state index contributed by atoms with van der Waals surface area (Å²) in [4.78, 5) is 2.59. The number of phenolic OH excluding ortho intramolecular Hbond substituents is 1. The molecule has 2 fully saturated rings. The fourth-order valence-electron chi connectivity index (χ4n) is 4.03. The Morgan fingerprint density at radius 1 is 1.00 bits per heavy atom. The molecule has 1 aliphatic heterocycles. The van der Waals surface area contributed by atoms with Crippen LogP contribution in [0.2, 0.25) is 0 Å². The zero-order chi connectivity index (χ0) is 14.9. The lowest BCUT2D eigenvalue weighted by atomic mass is 9.75. The first-order valence-electron chi connectivity index (χ1n) is 8.50. The fraction of sp³-hybridized carbons (Fsp3) is 0.474. The number of piperazine rings is 1. The van der Waals surface area contributed by atoms with Gasteiger partial charge in [0.15, 0.2) is 0 Å². The molecule has 5 heteroatoms. The molecule has 1 atom stereocenters. The van der Waals surface area contributed by atoms with Gasteiger partial charge in [-0.15, -0.1) is 24.8 Å². The Bertz CT molecular complexity index is 669. The minimum absolute atomic E-state index is 0. The van der Waals surface area contributed by atoms with E-state index < -0.39 is 0 Å². The van der Waals surface area contributed by atoms with Crippen molar-refractivity contribution in [2.75, 3.05) is 26.2 Å². The average molecular weight is 369 g/mol. The van der Waals surface area contributed by atoms with Crippen molar-refractivity contribution >= 4 is 35.6 Å². The number of phenols is 1. The molecule has 0 spiro atoms. The minimum atomic E-state index is 0. The van der Waals surface area contributed by atoms with Gasteiger partial charge in [0.1, 0.15) is 5.75 Å². The number of nitrogens with one attached hydrogen (secondary N) is 1. The van der Waals surface area contributed by atoms with Gasteiger partial charge < -0.3 is 10.4 Å². The van der Waals surface area contributed by atoms with E-state index >= 15 is 0 Å². The van der Waals surface area contributed by atoms with Crippen LogP contribution in [0.25, 0.3) is 10.8 Å². The van der Waals surface area contributed by atoms with Crippen LogP contribution >= 0.6 is 24.8 Å². The predicted octanol–water partition coefficient (Wildman–Crippen LogP) is 4.14. The van der Waals surface area contributed by atoms with E-state index in [0.717, 1.165) is 31.7 Å². The highest BCUT2D eigenvalue weighted by molar-refractivity contribution is 5.88. The first-order chi connectivity index (χ1) is 10.8. The molecule has 0 amide bonds. The number of nitrogens with zero attached hydrogens (tertiary/aromatic N) is 1. The van der Waals surface area contributed by atoms with Crippen LogP contribution in [0.5, 0.6) is 5.75 Å². The van der Waals surface area contributed by atoms with Crippen molar-refractivity contribution in [1.82, 2.24) is 10.2 Å². The van der Waals surface area contributed by atoms with Gasteiger partial charge in [0.25, 0.3) is 0 Å². The highest BCUT2D eigenvalue weighted by Crippen LogP contribution is 2.46. The summed E-state index contributed by atoms with van der Waals surface area (Å²) >= 11 is 0. The third-order valence-corrected chi connectivity index (χ3v) is 5.38. The predicted molar refractivity (Wildman–Crippen MR) is 105 cm³/mol. The fourth-order valence-corrected chi connectivity index (χ4v) is 4.03. The van der Waals surface area contributed by atoms with E-state index in [9.17, 15) is 5.11 Å². The summed E-state index contributed by atoms with van der Waals surface area (Å²) in [6.45, 7) is 4.25. The maximum absolute atomic E-state index is 10.6. The molecule has 4 rings (SSSR count). The minimum Gasteiger partial charge on any atom is -0.508 e. The number of hydrogen-bond donors (Lipinski definition) is 2. The zero-order valence-corrected chi connectivity index (χ0v) is 15.4. The average Bonchev–Trinajstić information content (AvgIpc) is 2.52. The van der Waals surface area contributed by atoms with Crippen LogP contribution in [-0.2, 0) is 0 Å². The van der Waals surface area contributed by atoms with Crippen molar-refractivity contribution in [3.63, 3.8) is 0 Å². The molecule has 132 valence electrons. The molecule has 1 saturated heterocycles. The summed E-state index contributed by atoms with van der Waals surface area (Å²) in [6, 6.07) is 12.7. The molecule has 0 bridgehead atoms. The molecule has 2 aromatic carbocycles. The zero-order valence-electron chi connectivity index (χ0n) is 13.8. The number of halogens is 2. The Labute approximate surface area is 156 Å². The van der Waals surface area contributed by atoms with Crippen LogP contribution in [0.15, 0.2) is 36.4 Å². The summed E-state index contributed by atoms with van der Waals surface area (Å²) < 4.78 is 0. The first-order valence-corrected chi connectivity index (χ1v) is 8.50. The number of hydrogen-bond acceptors (Lipinski definition) is 3. The normalized spacial score (nSPS) is 19.8. The smallest absolute Gasteiger partial charge is 0.121 e. The van der Waals surface area contributed by atoms with E-state index in [1.807, 2.05) is 12.1 Å².